The molecule has 4 nitrogen and oxygen atoms in total. The van der Waals surface area contributed by atoms with E-state index in [2.05, 4.69) is 16.5 Å². The third kappa shape index (κ3) is 1.99. The summed E-state index contributed by atoms with van der Waals surface area (Å²) in [5.74, 6) is 0.632. The van der Waals surface area contributed by atoms with Gasteiger partial charge in [-0.1, -0.05) is 17.7 Å². The van der Waals surface area contributed by atoms with Crippen LogP contribution in [-0.4, -0.2) is 22.4 Å². The lowest BCUT2D eigenvalue weighted by molar-refractivity contribution is -0.117. The van der Waals surface area contributed by atoms with Crippen molar-refractivity contribution >= 4 is 23.5 Å². The summed E-state index contributed by atoms with van der Waals surface area (Å²) in [6.45, 7) is 4.28. The zero-order valence-corrected chi connectivity index (χ0v) is 8.81. The van der Waals surface area contributed by atoms with Gasteiger partial charge in [-0.15, -0.1) is 6.58 Å². The monoisotopic (exact) mass is 223 g/mol. The summed E-state index contributed by atoms with van der Waals surface area (Å²) in [5, 5.41) is 0.464. The van der Waals surface area contributed by atoms with E-state index >= 15 is 0 Å². The van der Waals surface area contributed by atoms with Crippen LogP contribution in [0, 0.1) is 5.92 Å². The highest BCUT2D eigenvalue weighted by atomic mass is 35.5. The normalized spacial score (nSPS) is 20.7. The van der Waals surface area contributed by atoms with Gasteiger partial charge in [0.2, 0.25) is 11.9 Å². The number of anilines is 1. The maximum absolute atomic E-state index is 11.6. The molecule has 5 heteroatoms. The highest BCUT2D eigenvalue weighted by molar-refractivity contribution is 6.30. The van der Waals surface area contributed by atoms with Crippen molar-refractivity contribution in [3.63, 3.8) is 0 Å². The Bertz CT molecular complexity index is 390. The van der Waals surface area contributed by atoms with Crippen LogP contribution in [0.25, 0.3) is 0 Å². The molecular formula is C10H10ClN3O. The number of rotatable bonds is 2. The Morgan fingerprint density at radius 3 is 2.73 bits per heavy atom. The number of hydrogen-bond donors (Lipinski definition) is 0. The lowest BCUT2D eigenvalue weighted by Gasteiger charge is -2.12. The van der Waals surface area contributed by atoms with E-state index in [1.807, 2.05) is 0 Å². The minimum Gasteiger partial charge on any atom is -0.280 e. The van der Waals surface area contributed by atoms with Crippen molar-refractivity contribution < 1.29 is 4.79 Å². The van der Waals surface area contributed by atoms with Crippen LogP contribution in [0.3, 0.4) is 0 Å². The SMILES string of the molecule is C=CC1CC(=O)N(c2ncc(Cl)cn2)C1. The van der Waals surface area contributed by atoms with Gasteiger partial charge in [0.15, 0.2) is 0 Å². The van der Waals surface area contributed by atoms with E-state index in [0.29, 0.717) is 23.9 Å². The van der Waals surface area contributed by atoms with E-state index < -0.39 is 0 Å². The molecule has 1 aromatic rings. The third-order valence-corrected chi connectivity index (χ3v) is 2.53. The van der Waals surface area contributed by atoms with E-state index in [1.165, 1.54) is 12.4 Å². The standard InChI is InChI=1S/C10H10ClN3O/c1-2-7-3-9(15)14(6-7)10-12-4-8(11)5-13-10/h2,4-5,7H,1,3,6H2. The molecule has 1 unspecified atom stereocenters. The Morgan fingerprint density at radius 1 is 1.53 bits per heavy atom. The molecule has 0 N–H and O–H groups in total. The molecule has 1 atom stereocenters. The molecule has 2 rings (SSSR count). The fraction of sp³-hybridized carbons (Fsp3) is 0.300. The molecule has 1 fully saturated rings. The quantitative estimate of drug-likeness (QED) is 0.717. The Balaban J connectivity index is 2.21. The zero-order chi connectivity index (χ0) is 10.8. The summed E-state index contributed by atoms with van der Waals surface area (Å²) in [5.41, 5.74) is 0. The highest BCUT2D eigenvalue weighted by Crippen LogP contribution is 2.22. The first-order chi connectivity index (χ1) is 7.20. The van der Waals surface area contributed by atoms with Crippen LogP contribution in [0.4, 0.5) is 5.95 Å². The summed E-state index contributed by atoms with van der Waals surface area (Å²) < 4.78 is 0. The molecule has 1 aliphatic rings. The number of halogens is 1. The van der Waals surface area contributed by atoms with Crippen LogP contribution in [0.1, 0.15) is 6.42 Å². The molecule has 0 bridgehead atoms. The molecular weight excluding hydrogens is 214 g/mol. The van der Waals surface area contributed by atoms with Crippen LogP contribution in [0.5, 0.6) is 0 Å². The second-order valence-corrected chi connectivity index (χ2v) is 3.84. The van der Waals surface area contributed by atoms with Gasteiger partial charge in [-0.2, -0.15) is 0 Å². The van der Waals surface area contributed by atoms with Crippen molar-refractivity contribution in [1.29, 1.82) is 0 Å². The van der Waals surface area contributed by atoms with Crippen molar-refractivity contribution in [2.45, 2.75) is 6.42 Å². The molecule has 15 heavy (non-hydrogen) atoms. The summed E-state index contributed by atoms with van der Waals surface area (Å²) in [4.78, 5) is 21.2. The van der Waals surface area contributed by atoms with Crippen LogP contribution >= 0.6 is 11.6 Å². The number of hydrogen-bond acceptors (Lipinski definition) is 3. The Morgan fingerprint density at radius 2 is 2.20 bits per heavy atom. The van der Waals surface area contributed by atoms with Crippen molar-refractivity contribution in [2.75, 3.05) is 11.4 Å². The van der Waals surface area contributed by atoms with Gasteiger partial charge in [0, 0.05) is 18.9 Å². The minimum atomic E-state index is 0.0298. The molecule has 0 saturated carbocycles. The first-order valence-corrected chi connectivity index (χ1v) is 4.99. The molecule has 0 aliphatic carbocycles. The molecule has 0 aromatic carbocycles. The molecule has 1 amide bonds. The molecule has 0 spiro atoms. The van der Waals surface area contributed by atoms with Crippen LogP contribution in [-0.2, 0) is 4.79 Å². The van der Waals surface area contributed by atoms with E-state index in [1.54, 1.807) is 11.0 Å². The molecule has 78 valence electrons. The summed E-state index contributed by atoms with van der Waals surface area (Å²) in [7, 11) is 0. The van der Waals surface area contributed by atoms with Crippen LogP contribution in [0.2, 0.25) is 5.02 Å². The van der Waals surface area contributed by atoms with Gasteiger partial charge in [-0.3, -0.25) is 9.69 Å². The van der Waals surface area contributed by atoms with Gasteiger partial charge in [0.1, 0.15) is 0 Å². The molecule has 0 radical (unpaired) electrons. The highest BCUT2D eigenvalue weighted by Gasteiger charge is 2.30. The molecule has 1 aliphatic heterocycles. The Labute approximate surface area is 92.6 Å². The van der Waals surface area contributed by atoms with E-state index in [9.17, 15) is 4.79 Å². The molecule has 1 aromatic heterocycles. The topological polar surface area (TPSA) is 46.1 Å². The fourth-order valence-corrected chi connectivity index (χ4v) is 1.63. The van der Waals surface area contributed by atoms with Gasteiger partial charge in [-0.05, 0) is 0 Å². The Hall–Kier alpha value is -1.42. The number of aromatic nitrogens is 2. The Kier molecular flexibility index (Phi) is 2.68. The minimum absolute atomic E-state index is 0.0298. The average Bonchev–Trinajstić information content (AvgIpc) is 2.61. The van der Waals surface area contributed by atoms with Gasteiger partial charge >= 0.3 is 0 Å². The zero-order valence-electron chi connectivity index (χ0n) is 8.06. The molecule has 2 heterocycles. The largest absolute Gasteiger partial charge is 0.280 e. The van der Waals surface area contributed by atoms with Crippen molar-refractivity contribution in [3.8, 4) is 0 Å². The van der Waals surface area contributed by atoms with Crippen LogP contribution in [0.15, 0.2) is 25.0 Å². The molecule has 1 saturated heterocycles. The second-order valence-electron chi connectivity index (χ2n) is 3.41. The number of carbonyl (C=O) groups is 1. The second kappa shape index (κ2) is 3.98. The predicted octanol–water partition coefficient (Wildman–Crippen LogP) is 1.67. The summed E-state index contributed by atoms with van der Waals surface area (Å²) >= 11 is 5.67. The van der Waals surface area contributed by atoms with Gasteiger partial charge in [0.05, 0.1) is 17.4 Å². The van der Waals surface area contributed by atoms with E-state index in [-0.39, 0.29) is 11.8 Å². The van der Waals surface area contributed by atoms with Gasteiger partial charge in [0.25, 0.3) is 0 Å². The average molecular weight is 224 g/mol. The smallest absolute Gasteiger partial charge is 0.232 e. The summed E-state index contributed by atoms with van der Waals surface area (Å²) in [6, 6.07) is 0. The maximum Gasteiger partial charge on any atom is 0.232 e. The fourth-order valence-electron chi connectivity index (χ4n) is 1.53. The predicted molar refractivity (Wildman–Crippen MR) is 57.7 cm³/mol. The number of carbonyl (C=O) groups excluding carboxylic acids is 1. The van der Waals surface area contributed by atoms with E-state index in [4.69, 9.17) is 11.6 Å². The number of amides is 1. The first kappa shape index (κ1) is 10.1. The van der Waals surface area contributed by atoms with Crippen LogP contribution < -0.4 is 4.90 Å². The van der Waals surface area contributed by atoms with Gasteiger partial charge < -0.3 is 0 Å². The maximum atomic E-state index is 11.6. The van der Waals surface area contributed by atoms with E-state index in [0.717, 1.165) is 0 Å². The van der Waals surface area contributed by atoms with Crippen molar-refractivity contribution in [2.24, 2.45) is 5.92 Å². The number of nitrogens with zero attached hydrogens (tertiary/aromatic N) is 3. The summed E-state index contributed by atoms with van der Waals surface area (Å²) in [6.07, 6.45) is 5.24. The van der Waals surface area contributed by atoms with Crippen molar-refractivity contribution in [3.05, 3.63) is 30.1 Å². The lowest BCUT2D eigenvalue weighted by Crippen LogP contribution is -2.26. The lowest BCUT2D eigenvalue weighted by atomic mass is 10.1. The first-order valence-electron chi connectivity index (χ1n) is 4.61. The van der Waals surface area contributed by atoms with Crippen molar-refractivity contribution in [1.82, 2.24) is 9.97 Å². The van der Waals surface area contributed by atoms with Gasteiger partial charge in [-0.25, -0.2) is 9.97 Å². The third-order valence-electron chi connectivity index (χ3n) is 2.34.